The molecule has 0 unspecified atom stereocenters. The number of aromatic nitrogens is 2. The third kappa shape index (κ3) is 9.26. The second-order valence-electron chi connectivity index (χ2n) is 9.60. The Balaban J connectivity index is 1.32. The highest BCUT2D eigenvalue weighted by Gasteiger charge is 2.07. The minimum absolute atomic E-state index is 0.213. The lowest BCUT2D eigenvalue weighted by atomic mass is 10.0. The number of nitrogens with zero attached hydrogens (tertiary/aromatic N) is 2. The molecule has 0 atom stereocenters. The van der Waals surface area contributed by atoms with E-state index in [1.807, 2.05) is 79.3 Å². The van der Waals surface area contributed by atoms with E-state index in [4.69, 9.17) is 14.2 Å². The molecule has 0 saturated heterocycles. The van der Waals surface area contributed by atoms with Gasteiger partial charge in [-0.15, -0.1) is 11.8 Å². The van der Waals surface area contributed by atoms with Crippen molar-refractivity contribution >= 4 is 29.4 Å². The van der Waals surface area contributed by atoms with Crippen LogP contribution in [0, 0.1) is 0 Å². The van der Waals surface area contributed by atoms with Gasteiger partial charge in [0.15, 0.2) is 0 Å². The van der Waals surface area contributed by atoms with Gasteiger partial charge < -0.3 is 24.1 Å². The Hall–Kier alpha value is -4.01. The molecular weight excluding hydrogens is 546 g/mol. The summed E-state index contributed by atoms with van der Waals surface area (Å²) in [6.07, 6.45) is 9.25. The minimum atomic E-state index is -0.213. The number of carbonyl (C=O) groups is 1. The number of ether oxygens (including phenoxy) is 3. The molecule has 0 aliphatic heterocycles. The molecule has 0 aliphatic rings. The van der Waals surface area contributed by atoms with Gasteiger partial charge in [-0.2, -0.15) is 0 Å². The van der Waals surface area contributed by atoms with Gasteiger partial charge >= 0.3 is 0 Å². The highest BCUT2D eigenvalue weighted by Crippen LogP contribution is 2.29. The van der Waals surface area contributed by atoms with Gasteiger partial charge in [-0.05, 0) is 79.1 Å². The average molecular weight is 586 g/mol. The van der Waals surface area contributed by atoms with Gasteiger partial charge in [0.05, 0.1) is 20.0 Å². The summed E-state index contributed by atoms with van der Waals surface area (Å²) in [7, 11) is 1.63. The molecule has 7 nitrogen and oxygen atoms in total. The van der Waals surface area contributed by atoms with Crippen LogP contribution in [0.2, 0.25) is 0 Å². The van der Waals surface area contributed by atoms with Crippen LogP contribution < -0.4 is 14.8 Å². The smallest absolute Gasteiger partial charge is 0.248 e. The number of hydrogen-bond acceptors (Lipinski definition) is 6. The van der Waals surface area contributed by atoms with Crippen LogP contribution in [-0.2, 0) is 21.8 Å². The molecule has 1 N–H and O–H groups in total. The average Bonchev–Trinajstić information content (AvgIpc) is 3.49. The van der Waals surface area contributed by atoms with Crippen molar-refractivity contribution in [3.8, 4) is 22.6 Å². The molecule has 1 amide bonds. The van der Waals surface area contributed by atoms with Crippen LogP contribution in [0.25, 0.3) is 17.2 Å². The zero-order valence-corrected chi connectivity index (χ0v) is 25.4. The Bertz CT molecular complexity index is 1430. The number of carbonyl (C=O) groups excluding carboxylic acids is 1. The van der Waals surface area contributed by atoms with E-state index in [1.54, 1.807) is 24.9 Å². The summed E-state index contributed by atoms with van der Waals surface area (Å²) in [5.74, 6) is 2.13. The molecule has 0 spiro atoms. The third-order valence-electron chi connectivity index (χ3n) is 6.62. The second-order valence-corrected chi connectivity index (χ2v) is 10.7. The Labute approximate surface area is 252 Å². The maximum Gasteiger partial charge on any atom is 0.248 e. The Morgan fingerprint density at radius 2 is 1.76 bits per heavy atom. The second kappa shape index (κ2) is 16.4. The molecule has 8 heteroatoms. The van der Waals surface area contributed by atoms with Gasteiger partial charge in [-0.1, -0.05) is 31.5 Å². The van der Waals surface area contributed by atoms with E-state index in [1.165, 1.54) is 11.8 Å². The predicted molar refractivity (Wildman–Crippen MR) is 171 cm³/mol. The van der Waals surface area contributed by atoms with Crippen LogP contribution in [0.5, 0.6) is 11.5 Å². The van der Waals surface area contributed by atoms with E-state index >= 15 is 0 Å². The number of thioether (sulfide) groups is 1. The first kappa shape index (κ1) is 30.9. The van der Waals surface area contributed by atoms with E-state index in [-0.39, 0.29) is 5.91 Å². The van der Waals surface area contributed by atoms with Gasteiger partial charge in [0, 0.05) is 53.0 Å². The maximum absolute atomic E-state index is 12.7. The van der Waals surface area contributed by atoms with E-state index in [2.05, 4.69) is 28.7 Å². The van der Waals surface area contributed by atoms with E-state index in [9.17, 15) is 4.79 Å². The van der Waals surface area contributed by atoms with Crippen LogP contribution in [0.4, 0.5) is 5.69 Å². The van der Waals surface area contributed by atoms with Crippen LogP contribution in [0.3, 0.4) is 0 Å². The van der Waals surface area contributed by atoms with Gasteiger partial charge in [0.1, 0.15) is 18.1 Å². The number of hydrogen-bond donors (Lipinski definition) is 1. The number of anilines is 1. The van der Waals surface area contributed by atoms with Crippen LogP contribution in [0.15, 0.2) is 90.2 Å². The fourth-order valence-electron chi connectivity index (χ4n) is 4.25. The highest BCUT2D eigenvalue weighted by molar-refractivity contribution is 7.98. The predicted octanol–water partition coefficient (Wildman–Crippen LogP) is 7.72. The first-order valence-electron chi connectivity index (χ1n) is 14.3. The molecular formula is C34H39N3O4S. The molecule has 4 rings (SSSR count). The first-order chi connectivity index (χ1) is 20.6. The number of imidazole rings is 1. The number of amides is 1. The van der Waals surface area contributed by atoms with Crippen molar-refractivity contribution in [3.63, 3.8) is 0 Å². The summed E-state index contributed by atoms with van der Waals surface area (Å²) in [5, 5.41) is 2.94. The molecule has 0 bridgehead atoms. The molecule has 220 valence electrons. The number of unbranched alkanes of at least 4 members (excludes halogenated alkanes) is 1. The molecule has 42 heavy (non-hydrogen) atoms. The minimum Gasteiger partial charge on any atom is -0.496 e. The largest absolute Gasteiger partial charge is 0.496 e. The van der Waals surface area contributed by atoms with Crippen molar-refractivity contribution in [1.29, 1.82) is 0 Å². The fourth-order valence-corrected chi connectivity index (χ4v) is 5.13. The summed E-state index contributed by atoms with van der Waals surface area (Å²) < 4.78 is 19.0. The lowest BCUT2D eigenvalue weighted by molar-refractivity contribution is -0.111. The van der Waals surface area contributed by atoms with Gasteiger partial charge in [0.2, 0.25) is 5.91 Å². The van der Waals surface area contributed by atoms with Crippen molar-refractivity contribution in [3.05, 3.63) is 96.6 Å². The first-order valence-corrected chi connectivity index (χ1v) is 15.3. The molecule has 0 fully saturated rings. The summed E-state index contributed by atoms with van der Waals surface area (Å²) >= 11 is 1.74. The molecule has 4 aromatic rings. The standard InChI is InChI=1S/C34H39N3O4S/c1-4-6-19-40-20-21-41-31-13-7-26(8-14-31)27-9-17-33(39-3)28(22-27)10-18-34(38)36-29-11-15-32(16-12-29)42-24-30-23-35-25-37(30)5-2/h7-18,22-23,25H,4-6,19-21,24H2,1-3H3,(H,36,38)/b18-10+. The van der Waals surface area contributed by atoms with Crippen molar-refractivity contribution in [1.82, 2.24) is 9.55 Å². The summed E-state index contributed by atoms with van der Waals surface area (Å²) in [6, 6.07) is 21.7. The number of benzene rings is 3. The normalized spacial score (nSPS) is 11.1. The van der Waals surface area contributed by atoms with E-state index < -0.39 is 0 Å². The van der Waals surface area contributed by atoms with Crippen LogP contribution in [0.1, 0.15) is 37.9 Å². The monoisotopic (exact) mass is 585 g/mol. The van der Waals surface area contributed by atoms with E-state index in [0.717, 1.165) is 64.8 Å². The van der Waals surface area contributed by atoms with E-state index in [0.29, 0.717) is 19.0 Å². The highest BCUT2D eigenvalue weighted by atomic mass is 32.2. The molecule has 0 aliphatic carbocycles. The Kier molecular flexibility index (Phi) is 12.1. The van der Waals surface area contributed by atoms with Gasteiger partial charge in [-0.3, -0.25) is 4.79 Å². The molecule has 0 radical (unpaired) electrons. The Morgan fingerprint density at radius 1 is 0.976 bits per heavy atom. The summed E-state index contributed by atoms with van der Waals surface area (Å²) in [4.78, 5) is 18.1. The maximum atomic E-state index is 12.7. The van der Waals surface area contributed by atoms with Crippen molar-refractivity contribution in [2.45, 2.75) is 43.9 Å². The fraction of sp³-hybridized carbons (Fsp3) is 0.294. The van der Waals surface area contributed by atoms with Gasteiger partial charge in [-0.25, -0.2) is 4.98 Å². The molecule has 1 aromatic heterocycles. The Morgan fingerprint density at radius 3 is 2.50 bits per heavy atom. The lowest BCUT2D eigenvalue weighted by Gasteiger charge is -2.10. The number of aryl methyl sites for hydroxylation is 1. The zero-order valence-electron chi connectivity index (χ0n) is 24.5. The zero-order chi connectivity index (χ0) is 29.6. The molecule has 0 saturated carbocycles. The number of nitrogens with one attached hydrogen (secondary N) is 1. The summed E-state index contributed by atoms with van der Waals surface area (Å²) in [5.41, 5.74) is 4.80. The summed E-state index contributed by atoms with van der Waals surface area (Å²) in [6.45, 7) is 7.04. The molecule has 1 heterocycles. The third-order valence-corrected chi connectivity index (χ3v) is 7.66. The number of rotatable bonds is 16. The van der Waals surface area contributed by atoms with Crippen molar-refractivity contribution in [2.24, 2.45) is 0 Å². The molecule has 3 aromatic carbocycles. The van der Waals surface area contributed by atoms with Crippen molar-refractivity contribution < 1.29 is 19.0 Å². The van der Waals surface area contributed by atoms with Crippen molar-refractivity contribution in [2.75, 3.05) is 32.2 Å². The van der Waals surface area contributed by atoms with Crippen LogP contribution >= 0.6 is 11.8 Å². The SMILES string of the molecule is CCCCOCCOc1ccc(-c2ccc(OC)c(/C=C/C(=O)Nc3ccc(SCc4cncn4CC)cc3)c2)cc1. The van der Waals surface area contributed by atoms with Crippen LogP contribution in [-0.4, -0.2) is 42.4 Å². The lowest BCUT2D eigenvalue weighted by Crippen LogP contribution is -2.07. The quantitative estimate of drug-likeness (QED) is 0.0824. The topological polar surface area (TPSA) is 74.6 Å². The van der Waals surface area contributed by atoms with Gasteiger partial charge in [0.25, 0.3) is 0 Å². The number of methoxy groups -OCH3 is 1.